The summed E-state index contributed by atoms with van der Waals surface area (Å²) in [5.41, 5.74) is 2.19. The Labute approximate surface area is 154 Å². The van der Waals surface area contributed by atoms with Crippen molar-refractivity contribution >= 4 is 17.0 Å². The van der Waals surface area contributed by atoms with Gasteiger partial charge in [-0.25, -0.2) is 0 Å². The smallest absolute Gasteiger partial charge is 0.127 e. The van der Waals surface area contributed by atoms with Crippen LogP contribution in [0, 0.1) is 5.41 Å². The number of ether oxygens (including phenoxy) is 2. The lowest BCUT2D eigenvalue weighted by Crippen LogP contribution is -2.23. The molecule has 26 heavy (non-hydrogen) atoms. The number of hydrogen-bond donors (Lipinski definition) is 2. The molecule has 0 aliphatic rings. The normalized spacial score (nSPS) is 10.7. The summed E-state index contributed by atoms with van der Waals surface area (Å²) in [4.78, 5) is 0. The Morgan fingerprint density at radius 2 is 1.69 bits per heavy atom. The van der Waals surface area contributed by atoms with Crippen molar-refractivity contribution in [3.05, 3.63) is 71.8 Å². The molecule has 0 fully saturated rings. The van der Waals surface area contributed by atoms with E-state index in [0.717, 1.165) is 47.3 Å². The zero-order chi connectivity index (χ0) is 18.2. The van der Waals surface area contributed by atoms with Crippen molar-refractivity contribution in [2.75, 3.05) is 26.8 Å². The van der Waals surface area contributed by atoms with E-state index < -0.39 is 0 Å². The van der Waals surface area contributed by atoms with E-state index in [-0.39, 0.29) is 0 Å². The summed E-state index contributed by atoms with van der Waals surface area (Å²) in [5, 5.41) is 13.0. The van der Waals surface area contributed by atoms with Gasteiger partial charge in [0.25, 0.3) is 0 Å². The SMILES string of the molecule is COc1ccc(CCNCCOc2ccc(C=N)c3ccccc23)cc1. The van der Waals surface area contributed by atoms with Gasteiger partial charge in [-0.05, 0) is 48.2 Å². The van der Waals surface area contributed by atoms with E-state index in [2.05, 4.69) is 17.4 Å². The van der Waals surface area contributed by atoms with Crippen molar-refractivity contribution < 1.29 is 9.47 Å². The molecule has 3 aromatic carbocycles. The molecule has 3 rings (SSSR count). The topological polar surface area (TPSA) is 54.3 Å². The molecule has 0 aliphatic carbocycles. The van der Waals surface area contributed by atoms with E-state index in [9.17, 15) is 0 Å². The molecular formula is C22H24N2O2. The van der Waals surface area contributed by atoms with Crippen molar-refractivity contribution in [2.24, 2.45) is 0 Å². The van der Waals surface area contributed by atoms with Crippen LogP contribution in [-0.2, 0) is 6.42 Å². The molecule has 0 aromatic heterocycles. The predicted molar refractivity (Wildman–Crippen MR) is 107 cm³/mol. The molecule has 0 saturated heterocycles. The molecule has 0 amide bonds. The average Bonchev–Trinajstić information content (AvgIpc) is 2.71. The Kier molecular flexibility index (Phi) is 6.23. The summed E-state index contributed by atoms with van der Waals surface area (Å²) < 4.78 is 11.1. The van der Waals surface area contributed by atoms with Gasteiger partial charge in [-0.2, -0.15) is 0 Å². The summed E-state index contributed by atoms with van der Waals surface area (Å²) >= 11 is 0. The van der Waals surface area contributed by atoms with Crippen molar-refractivity contribution in [1.29, 1.82) is 5.41 Å². The first-order valence-electron chi connectivity index (χ1n) is 8.80. The molecule has 0 heterocycles. The Morgan fingerprint density at radius 1 is 0.923 bits per heavy atom. The van der Waals surface area contributed by atoms with E-state index in [1.807, 2.05) is 48.5 Å². The molecule has 0 unspecified atom stereocenters. The second-order valence-corrected chi connectivity index (χ2v) is 6.04. The number of benzene rings is 3. The summed E-state index contributed by atoms with van der Waals surface area (Å²) in [5.74, 6) is 1.75. The van der Waals surface area contributed by atoms with Crippen LogP contribution in [0.15, 0.2) is 60.7 Å². The monoisotopic (exact) mass is 348 g/mol. The zero-order valence-corrected chi connectivity index (χ0v) is 15.0. The molecule has 134 valence electrons. The summed E-state index contributed by atoms with van der Waals surface area (Å²) in [6, 6.07) is 20.1. The number of hydrogen-bond acceptors (Lipinski definition) is 4. The highest BCUT2D eigenvalue weighted by atomic mass is 16.5. The van der Waals surface area contributed by atoms with Crippen LogP contribution in [0.5, 0.6) is 11.5 Å². The highest BCUT2D eigenvalue weighted by molar-refractivity contribution is 6.01. The number of methoxy groups -OCH3 is 1. The van der Waals surface area contributed by atoms with Gasteiger partial charge in [0.2, 0.25) is 0 Å². The molecule has 0 radical (unpaired) electrons. The van der Waals surface area contributed by atoms with Gasteiger partial charge in [-0.15, -0.1) is 0 Å². The van der Waals surface area contributed by atoms with Crippen molar-refractivity contribution in [2.45, 2.75) is 6.42 Å². The fraction of sp³-hybridized carbons (Fsp3) is 0.227. The van der Waals surface area contributed by atoms with Gasteiger partial charge in [-0.3, -0.25) is 0 Å². The molecule has 4 nitrogen and oxygen atoms in total. The molecule has 0 saturated carbocycles. The lowest BCUT2D eigenvalue weighted by molar-refractivity contribution is 0.318. The maximum Gasteiger partial charge on any atom is 0.127 e. The van der Waals surface area contributed by atoms with Gasteiger partial charge in [0, 0.05) is 23.7 Å². The van der Waals surface area contributed by atoms with Crippen LogP contribution in [0.3, 0.4) is 0 Å². The Balaban J connectivity index is 1.46. The second-order valence-electron chi connectivity index (χ2n) is 6.04. The molecule has 2 N–H and O–H groups in total. The average molecular weight is 348 g/mol. The van der Waals surface area contributed by atoms with Crippen LogP contribution in [-0.4, -0.2) is 33.0 Å². The lowest BCUT2D eigenvalue weighted by Gasteiger charge is -2.11. The van der Waals surface area contributed by atoms with Crippen molar-refractivity contribution in [1.82, 2.24) is 5.32 Å². The van der Waals surface area contributed by atoms with Crippen LogP contribution < -0.4 is 14.8 Å². The fourth-order valence-electron chi connectivity index (χ4n) is 2.93. The quantitative estimate of drug-likeness (QED) is 0.453. The molecule has 0 bridgehead atoms. The van der Waals surface area contributed by atoms with Crippen LogP contribution in [0.25, 0.3) is 10.8 Å². The fourth-order valence-corrected chi connectivity index (χ4v) is 2.93. The Bertz CT molecular complexity index is 860. The summed E-state index contributed by atoms with van der Waals surface area (Å²) in [6.45, 7) is 2.30. The molecule has 0 spiro atoms. The molecule has 3 aromatic rings. The molecule has 4 heteroatoms. The lowest BCUT2D eigenvalue weighted by atomic mass is 10.0. The third-order valence-corrected chi connectivity index (χ3v) is 4.36. The summed E-state index contributed by atoms with van der Waals surface area (Å²) in [6.07, 6.45) is 2.35. The third-order valence-electron chi connectivity index (χ3n) is 4.36. The first-order valence-corrected chi connectivity index (χ1v) is 8.80. The third kappa shape index (κ3) is 4.41. The van der Waals surface area contributed by atoms with Gasteiger partial charge >= 0.3 is 0 Å². The van der Waals surface area contributed by atoms with E-state index in [1.54, 1.807) is 7.11 Å². The van der Waals surface area contributed by atoms with Crippen LogP contribution in [0.1, 0.15) is 11.1 Å². The molecule has 0 aliphatic heterocycles. The largest absolute Gasteiger partial charge is 0.497 e. The van der Waals surface area contributed by atoms with E-state index in [0.29, 0.717) is 6.61 Å². The number of rotatable bonds is 9. The Morgan fingerprint density at radius 3 is 2.42 bits per heavy atom. The standard InChI is InChI=1S/C22H24N2O2/c1-25-19-9-6-17(7-10-19)12-13-24-14-15-26-22-11-8-18(16-23)20-4-2-3-5-21(20)22/h2-11,16,23-24H,12-15H2,1H3. The minimum Gasteiger partial charge on any atom is -0.497 e. The van der Waals surface area contributed by atoms with E-state index in [1.165, 1.54) is 11.8 Å². The van der Waals surface area contributed by atoms with Gasteiger partial charge in [0.15, 0.2) is 0 Å². The molecular weight excluding hydrogens is 324 g/mol. The second kappa shape index (κ2) is 9.02. The van der Waals surface area contributed by atoms with Gasteiger partial charge in [-0.1, -0.05) is 36.4 Å². The van der Waals surface area contributed by atoms with Crippen LogP contribution in [0.2, 0.25) is 0 Å². The molecule has 0 atom stereocenters. The maximum atomic E-state index is 7.52. The maximum absolute atomic E-state index is 7.52. The predicted octanol–water partition coefficient (Wildman–Crippen LogP) is 4.06. The highest BCUT2D eigenvalue weighted by Gasteiger charge is 2.05. The number of nitrogens with one attached hydrogen (secondary N) is 2. The van der Waals surface area contributed by atoms with Crippen molar-refractivity contribution in [3.8, 4) is 11.5 Å². The van der Waals surface area contributed by atoms with Gasteiger partial charge in [0.1, 0.15) is 18.1 Å². The van der Waals surface area contributed by atoms with Crippen LogP contribution in [0.4, 0.5) is 0 Å². The van der Waals surface area contributed by atoms with Crippen molar-refractivity contribution in [3.63, 3.8) is 0 Å². The zero-order valence-electron chi connectivity index (χ0n) is 15.0. The first kappa shape index (κ1) is 18.0. The Hall–Kier alpha value is -2.85. The van der Waals surface area contributed by atoms with Gasteiger partial charge in [0.05, 0.1) is 7.11 Å². The minimum absolute atomic E-state index is 0.608. The number of fused-ring (bicyclic) bond motifs is 1. The highest BCUT2D eigenvalue weighted by Crippen LogP contribution is 2.27. The van der Waals surface area contributed by atoms with Gasteiger partial charge < -0.3 is 20.2 Å². The summed E-state index contributed by atoms with van der Waals surface area (Å²) in [7, 11) is 1.68. The minimum atomic E-state index is 0.608. The van der Waals surface area contributed by atoms with Crippen LogP contribution >= 0.6 is 0 Å². The van der Waals surface area contributed by atoms with E-state index in [4.69, 9.17) is 14.9 Å². The van der Waals surface area contributed by atoms with E-state index >= 15 is 0 Å². The first-order chi connectivity index (χ1) is 12.8.